The summed E-state index contributed by atoms with van der Waals surface area (Å²) in [5.41, 5.74) is -1.60. The van der Waals surface area contributed by atoms with Crippen LogP contribution in [0.1, 0.15) is 24.5 Å². The minimum absolute atomic E-state index is 0.105. The van der Waals surface area contributed by atoms with E-state index >= 15 is 0 Å². The van der Waals surface area contributed by atoms with Crippen molar-refractivity contribution in [3.63, 3.8) is 0 Å². The van der Waals surface area contributed by atoms with Crippen molar-refractivity contribution in [2.24, 2.45) is 0 Å². The summed E-state index contributed by atoms with van der Waals surface area (Å²) in [7, 11) is 0. The highest BCUT2D eigenvalue weighted by Crippen LogP contribution is 2.41. The molecule has 1 aromatic carbocycles. The van der Waals surface area contributed by atoms with Gasteiger partial charge in [-0.05, 0) is 37.6 Å². The summed E-state index contributed by atoms with van der Waals surface area (Å²) in [5, 5.41) is 8.98. The Labute approximate surface area is 197 Å². The Morgan fingerprint density at radius 1 is 1.17 bits per heavy atom. The SMILES string of the molecule is Cc1cc(OC(F)(F)F)cc2c1O[C@H](C(F)(F)F)C(C(=O)OCOC(=O)O[C@@H](C)CCO[N+](=O)[O-])=C2. The lowest BCUT2D eigenvalue weighted by atomic mass is 9.99. The minimum Gasteiger partial charge on any atom is -0.475 e. The van der Waals surface area contributed by atoms with Gasteiger partial charge in [-0.1, -0.05) is 0 Å². The number of ether oxygens (including phenoxy) is 5. The molecule has 200 valence electrons. The first-order valence-corrected chi connectivity index (χ1v) is 9.70. The van der Waals surface area contributed by atoms with Gasteiger partial charge in [-0.2, -0.15) is 13.2 Å². The van der Waals surface area contributed by atoms with Crippen LogP contribution in [-0.4, -0.2) is 55.4 Å². The van der Waals surface area contributed by atoms with Crippen LogP contribution in [0.3, 0.4) is 0 Å². The molecule has 0 aliphatic carbocycles. The van der Waals surface area contributed by atoms with Gasteiger partial charge in [0.2, 0.25) is 12.9 Å². The van der Waals surface area contributed by atoms with Gasteiger partial charge in [0, 0.05) is 12.0 Å². The lowest BCUT2D eigenvalue weighted by Gasteiger charge is -2.29. The van der Waals surface area contributed by atoms with E-state index in [0.717, 1.165) is 6.07 Å². The zero-order chi connectivity index (χ0) is 27.3. The number of esters is 1. The zero-order valence-corrected chi connectivity index (χ0v) is 18.3. The summed E-state index contributed by atoms with van der Waals surface area (Å²) in [6, 6.07) is 1.52. The summed E-state index contributed by atoms with van der Waals surface area (Å²) in [5.74, 6) is -2.85. The van der Waals surface area contributed by atoms with E-state index in [2.05, 4.69) is 23.8 Å². The second kappa shape index (κ2) is 11.2. The van der Waals surface area contributed by atoms with Gasteiger partial charge in [-0.3, -0.25) is 0 Å². The van der Waals surface area contributed by atoms with E-state index in [4.69, 9.17) is 4.74 Å². The van der Waals surface area contributed by atoms with Crippen molar-refractivity contribution in [3.8, 4) is 11.5 Å². The summed E-state index contributed by atoms with van der Waals surface area (Å²) in [4.78, 5) is 37.9. The standard InChI is InChI=1S/C19H17F6NO10/c1-9-5-12(36-19(23,24)25)6-11-7-13(15(18(20,21)22)35-14(9)11)16(27)31-8-32-17(28)34-10(2)3-4-33-26(29)30/h5-7,10,15H,3-4,8H2,1-2H3/t10-,15-/m0/s1. The Bertz CT molecular complexity index is 1020. The zero-order valence-electron chi connectivity index (χ0n) is 18.3. The molecule has 0 N–H and O–H groups in total. The molecule has 17 heteroatoms. The molecule has 1 heterocycles. The number of nitrogens with zero attached hydrogens (tertiary/aromatic N) is 1. The predicted molar refractivity (Wildman–Crippen MR) is 102 cm³/mol. The number of aryl methyl sites for hydroxylation is 1. The van der Waals surface area contributed by atoms with E-state index in [1.807, 2.05) is 0 Å². The molecular weight excluding hydrogens is 516 g/mol. The predicted octanol–water partition coefficient (Wildman–Crippen LogP) is 4.24. The van der Waals surface area contributed by atoms with E-state index < -0.39 is 72.4 Å². The maximum atomic E-state index is 13.5. The normalized spacial score (nSPS) is 16.0. The number of carbonyl (C=O) groups excluding carboxylic acids is 2. The first-order chi connectivity index (χ1) is 16.6. The number of hydrogen-bond donors (Lipinski definition) is 0. The highest BCUT2D eigenvalue weighted by atomic mass is 19.4. The summed E-state index contributed by atoms with van der Waals surface area (Å²) >= 11 is 0. The van der Waals surface area contributed by atoms with Crippen molar-refractivity contribution in [2.75, 3.05) is 13.4 Å². The van der Waals surface area contributed by atoms with Crippen molar-refractivity contribution in [1.82, 2.24) is 0 Å². The number of fused-ring (bicyclic) bond motifs is 1. The number of benzene rings is 1. The molecule has 0 spiro atoms. The molecule has 0 fully saturated rings. The maximum absolute atomic E-state index is 13.5. The second-order valence-corrected chi connectivity index (χ2v) is 7.06. The van der Waals surface area contributed by atoms with Crippen LogP contribution in [0, 0.1) is 17.0 Å². The van der Waals surface area contributed by atoms with E-state index in [-0.39, 0.29) is 17.5 Å². The Hall–Kier alpha value is -3.92. The molecular formula is C19H17F6NO10. The molecule has 2 rings (SSSR count). The maximum Gasteiger partial charge on any atom is 0.573 e. The highest BCUT2D eigenvalue weighted by molar-refractivity contribution is 5.96. The molecule has 2 atom stereocenters. The molecule has 36 heavy (non-hydrogen) atoms. The van der Waals surface area contributed by atoms with Gasteiger partial charge < -0.3 is 28.5 Å². The molecule has 0 bridgehead atoms. The summed E-state index contributed by atoms with van der Waals surface area (Å²) < 4.78 is 100. The van der Waals surface area contributed by atoms with E-state index in [0.29, 0.717) is 12.1 Å². The van der Waals surface area contributed by atoms with Gasteiger partial charge in [0.1, 0.15) is 17.6 Å². The first-order valence-electron chi connectivity index (χ1n) is 9.70. The van der Waals surface area contributed by atoms with Gasteiger partial charge in [-0.25, -0.2) is 9.59 Å². The second-order valence-electron chi connectivity index (χ2n) is 7.06. The fourth-order valence-electron chi connectivity index (χ4n) is 2.83. The van der Waals surface area contributed by atoms with Crippen LogP contribution in [0.5, 0.6) is 11.5 Å². The third kappa shape index (κ3) is 8.38. The molecule has 0 saturated carbocycles. The van der Waals surface area contributed by atoms with Crippen molar-refractivity contribution >= 4 is 18.2 Å². The van der Waals surface area contributed by atoms with Crippen LogP contribution >= 0.6 is 0 Å². The third-order valence-electron chi connectivity index (χ3n) is 4.26. The fourth-order valence-corrected chi connectivity index (χ4v) is 2.83. The quantitative estimate of drug-likeness (QED) is 0.149. The number of alkyl halides is 6. The van der Waals surface area contributed by atoms with Crippen LogP contribution in [0.4, 0.5) is 31.1 Å². The average Bonchev–Trinajstić information content (AvgIpc) is 2.70. The first kappa shape index (κ1) is 28.3. The van der Waals surface area contributed by atoms with Crippen LogP contribution in [0.15, 0.2) is 17.7 Å². The van der Waals surface area contributed by atoms with Crippen LogP contribution < -0.4 is 9.47 Å². The van der Waals surface area contributed by atoms with Crippen LogP contribution in [-0.2, 0) is 23.8 Å². The lowest BCUT2D eigenvalue weighted by molar-refractivity contribution is -0.758. The number of halogens is 6. The van der Waals surface area contributed by atoms with Gasteiger partial charge >= 0.3 is 24.7 Å². The number of rotatable bonds is 9. The molecule has 1 aliphatic rings. The summed E-state index contributed by atoms with van der Waals surface area (Å²) in [6.07, 6.45) is -14.9. The molecule has 0 radical (unpaired) electrons. The molecule has 0 unspecified atom stereocenters. The molecule has 1 aromatic rings. The van der Waals surface area contributed by atoms with Crippen molar-refractivity contribution < 1.29 is 69.5 Å². The van der Waals surface area contributed by atoms with Crippen LogP contribution in [0.25, 0.3) is 6.08 Å². The molecule has 0 aromatic heterocycles. The lowest BCUT2D eigenvalue weighted by Crippen LogP contribution is -2.41. The molecule has 0 saturated heterocycles. The van der Waals surface area contributed by atoms with E-state index in [1.165, 1.54) is 13.8 Å². The molecule has 11 nitrogen and oxygen atoms in total. The smallest absolute Gasteiger partial charge is 0.475 e. The van der Waals surface area contributed by atoms with Gasteiger partial charge in [0.05, 0.1) is 12.2 Å². The van der Waals surface area contributed by atoms with Gasteiger partial charge in [0.25, 0.3) is 5.09 Å². The van der Waals surface area contributed by atoms with E-state index in [1.54, 1.807) is 0 Å². The monoisotopic (exact) mass is 533 g/mol. The fraction of sp³-hybridized carbons (Fsp3) is 0.474. The molecule has 1 aliphatic heterocycles. The van der Waals surface area contributed by atoms with Crippen molar-refractivity contribution in [1.29, 1.82) is 0 Å². The topological polar surface area (TPSA) is 133 Å². The van der Waals surface area contributed by atoms with Gasteiger partial charge in [0.15, 0.2) is 0 Å². The van der Waals surface area contributed by atoms with Crippen LogP contribution in [0.2, 0.25) is 0 Å². The largest absolute Gasteiger partial charge is 0.573 e. The number of hydrogen-bond acceptors (Lipinski definition) is 10. The number of carbonyl (C=O) groups is 2. The Morgan fingerprint density at radius 3 is 2.42 bits per heavy atom. The molecule has 0 amide bonds. The Morgan fingerprint density at radius 2 is 1.83 bits per heavy atom. The minimum atomic E-state index is -5.13. The van der Waals surface area contributed by atoms with Gasteiger partial charge in [-0.15, -0.1) is 23.3 Å². The van der Waals surface area contributed by atoms with Crippen molar-refractivity contribution in [2.45, 2.75) is 45.0 Å². The Balaban J connectivity index is 2.09. The highest BCUT2D eigenvalue weighted by Gasteiger charge is 2.49. The Kier molecular flexibility index (Phi) is 8.82. The average molecular weight is 533 g/mol. The summed E-state index contributed by atoms with van der Waals surface area (Å²) in [6.45, 7) is 0.905. The van der Waals surface area contributed by atoms with E-state index in [9.17, 15) is 46.0 Å². The third-order valence-corrected chi connectivity index (χ3v) is 4.26. The van der Waals surface area contributed by atoms with Crippen molar-refractivity contribution in [3.05, 3.63) is 38.9 Å².